The zero-order chi connectivity index (χ0) is 13.1. The van der Waals surface area contributed by atoms with E-state index in [4.69, 9.17) is 0 Å². The second-order valence-corrected chi connectivity index (χ2v) is 6.55. The van der Waals surface area contributed by atoms with E-state index in [0.29, 0.717) is 0 Å². The summed E-state index contributed by atoms with van der Waals surface area (Å²) in [5.74, 6) is 0.343. The van der Waals surface area contributed by atoms with Crippen LogP contribution in [0.25, 0.3) is 0 Å². The van der Waals surface area contributed by atoms with E-state index in [-0.39, 0.29) is 42.2 Å². The Morgan fingerprint density at radius 3 is 2.67 bits per heavy atom. The molecular formula is C14H23Cl2N3OS. The fourth-order valence-electron chi connectivity index (χ4n) is 3.24. The monoisotopic (exact) mass is 351 g/mol. The summed E-state index contributed by atoms with van der Waals surface area (Å²) in [4.78, 5) is 16.9. The fourth-order valence-corrected chi connectivity index (χ4v) is 4.10. The van der Waals surface area contributed by atoms with Gasteiger partial charge in [0.05, 0.1) is 11.5 Å². The summed E-state index contributed by atoms with van der Waals surface area (Å²) in [6.45, 7) is 1.86. The van der Waals surface area contributed by atoms with E-state index in [2.05, 4.69) is 15.6 Å². The summed E-state index contributed by atoms with van der Waals surface area (Å²) < 4.78 is 0. The van der Waals surface area contributed by atoms with Crippen molar-refractivity contribution in [2.24, 2.45) is 5.92 Å². The molecule has 0 bridgehead atoms. The zero-order valence-electron chi connectivity index (χ0n) is 12.0. The number of amides is 1. The molecule has 2 heterocycles. The first kappa shape index (κ1) is 18.7. The van der Waals surface area contributed by atoms with Gasteiger partial charge in [0.1, 0.15) is 5.01 Å². The van der Waals surface area contributed by atoms with Gasteiger partial charge in [0.25, 0.3) is 0 Å². The molecule has 2 fully saturated rings. The largest absolute Gasteiger partial charge is 0.344 e. The highest BCUT2D eigenvalue weighted by Gasteiger charge is 2.40. The van der Waals surface area contributed by atoms with Crippen molar-refractivity contribution in [1.29, 1.82) is 0 Å². The molecule has 1 atom stereocenters. The Labute approximate surface area is 142 Å². The second kappa shape index (κ2) is 8.32. The first-order valence-electron chi connectivity index (χ1n) is 7.23. The van der Waals surface area contributed by atoms with Crippen LogP contribution in [0.4, 0.5) is 0 Å². The minimum atomic E-state index is -0.178. The summed E-state index contributed by atoms with van der Waals surface area (Å²) in [6, 6.07) is 0. The van der Waals surface area contributed by atoms with Gasteiger partial charge in [0.2, 0.25) is 5.91 Å². The zero-order valence-corrected chi connectivity index (χ0v) is 14.4. The maximum absolute atomic E-state index is 12.5. The second-order valence-electron chi connectivity index (χ2n) is 5.66. The average molecular weight is 352 g/mol. The number of thiazole rings is 1. The third-order valence-corrected chi connectivity index (χ3v) is 5.31. The molecule has 0 spiro atoms. The number of carbonyl (C=O) groups excluding carboxylic acids is 1. The molecule has 2 aliphatic rings. The van der Waals surface area contributed by atoms with E-state index in [1.165, 1.54) is 12.8 Å². The van der Waals surface area contributed by atoms with Crippen molar-refractivity contribution in [3.63, 3.8) is 0 Å². The minimum absolute atomic E-state index is 0. The predicted molar refractivity (Wildman–Crippen MR) is 90.5 cm³/mol. The molecule has 7 heteroatoms. The van der Waals surface area contributed by atoms with Crippen molar-refractivity contribution in [3.8, 4) is 0 Å². The maximum atomic E-state index is 12.5. The molecule has 1 aliphatic carbocycles. The molecule has 120 valence electrons. The van der Waals surface area contributed by atoms with Crippen LogP contribution in [0.3, 0.4) is 0 Å². The van der Waals surface area contributed by atoms with Crippen molar-refractivity contribution in [2.45, 2.75) is 44.1 Å². The minimum Gasteiger partial charge on any atom is -0.344 e. The van der Waals surface area contributed by atoms with Crippen LogP contribution in [0.2, 0.25) is 0 Å². The van der Waals surface area contributed by atoms with Crippen LogP contribution in [0.15, 0.2) is 11.6 Å². The van der Waals surface area contributed by atoms with Crippen LogP contribution in [-0.4, -0.2) is 24.0 Å². The van der Waals surface area contributed by atoms with E-state index in [9.17, 15) is 4.79 Å². The van der Waals surface area contributed by atoms with Gasteiger partial charge in [0.15, 0.2) is 0 Å². The Balaban J connectivity index is 0.00000110. The van der Waals surface area contributed by atoms with Gasteiger partial charge in [0, 0.05) is 18.1 Å². The topological polar surface area (TPSA) is 54.0 Å². The number of hydrogen-bond acceptors (Lipinski definition) is 4. The van der Waals surface area contributed by atoms with Crippen LogP contribution in [-0.2, 0) is 10.3 Å². The maximum Gasteiger partial charge on any atom is 0.225 e. The summed E-state index contributed by atoms with van der Waals surface area (Å²) in [5.41, 5.74) is -0.178. The van der Waals surface area contributed by atoms with Crippen molar-refractivity contribution in [3.05, 3.63) is 16.6 Å². The van der Waals surface area contributed by atoms with Crippen molar-refractivity contribution in [2.75, 3.05) is 13.1 Å². The fraction of sp³-hybridized carbons (Fsp3) is 0.714. The number of hydrogen-bond donors (Lipinski definition) is 2. The normalized spacial score (nSPS) is 23.7. The molecule has 21 heavy (non-hydrogen) atoms. The molecule has 1 saturated heterocycles. The number of carbonyl (C=O) groups is 1. The highest BCUT2D eigenvalue weighted by atomic mass is 35.5. The van der Waals surface area contributed by atoms with Crippen molar-refractivity contribution >= 4 is 42.1 Å². The third-order valence-electron chi connectivity index (χ3n) is 4.33. The van der Waals surface area contributed by atoms with E-state index in [1.54, 1.807) is 11.3 Å². The summed E-state index contributed by atoms with van der Waals surface area (Å²) in [5, 5.41) is 9.74. The van der Waals surface area contributed by atoms with Crippen LogP contribution < -0.4 is 10.6 Å². The lowest BCUT2D eigenvalue weighted by Crippen LogP contribution is -2.49. The Hall–Kier alpha value is -0.360. The number of nitrogens with zero attached hydrogens (tertiary/aromatic N) is 1. The molecule has 4 nitrogen and oxygen atoms in total. The van der Waals surface area contributed by atoms with Crippen LogP contribution in [0.5, 0.6) is 0 Å². The third kappa shape index (κ3) is 4.09. The van der Waals surface area contributed by atoms with Crippen molar-refractivity contribution < 1.29 is 4.79 Å². The predicted octanol–water partition coefficient (Wildman–Crippen LogP) is 2.87. The quantitative estimate of drug-likeness (QED) is 0.880. The van der Waals surface area contributed by atoms with Gasteiger partial charge in [-0.2, -0.15) is 0 Å². The average Bonchev–Trinajstić information content (AvgIpc) is 3.11. The van der Waals surface area contributed by atoms with Crippen LogP contribution in [0, 0.1) is 5.92 Å². The molecule has 2 N–H and O–H groups in total. The van der Waals surface area contributed by atoms with Gasteiger partial charge in [-0.05, 0) is 32.2 Å². The molecule has 3 rings (SSSR count). The number of rotatable bonds is 3. The molecular weight excluding hydrogens is 329 g/mol. The van der Waals surface area contributed by atoms with E-state index in [1.807, 2.05) is 11.6 Å². The van der Waals surface area contributed by atoms with Gasteiger partial charge in [-0.15, -0.1) is 36.2 Å². The van der Waals surface area contributed by atoms with Gasteiger partial charge < -0.3 is 10.6 Å². The Morgan fingerprint density at radius 1 is 1.33 bits per heavy atom. The molecule has 1 aromatic heterocycles. The van der Waals surface area contributed by atoms with E-state index >= 15 is 0 Å². The summed E-state index contributed by atoms with van der Waals surface area (Å²) >= 11 is 1.67. The molecule has 1 aliphatic heterocycles. The van der Waals surface area contributed by atoms with Gasteiger partial charge >= 0.3 is 0 Å². The van der Waals surface area contributed by atoms with E-state index < -0.39 is 0 Å². The number of nitrogens with one attached hydrogen (secondary N) is 2. The summed E-state index contributed by atoms with van der Waals surface area (Å²) in [7, 11) is 0. The number of halogens is 2. The first-order valence-corrected chi connectivity index (χ1v) is 8.11. The Kier molecular flexibility index (Phi) is 7.40. The molecule has 1 unspecified atom stereocenters. The highest BCUT2D eigenvalue weighted by molar-refractivity contribution is 7.09. The molecule has 1 amide bonds. The SMILES string of the molecule is Cl.Cl.O=C(NC1(c2nccs2)CCCC1)C1CCCNC1. The smallest absolute Gasteiger partial charge is 0.225 e. The lowest BCUT2D eigenvalue weighted by Gasteiger charge is -2.31. The standard InChI is InChI=1S/C14H21N3OS.2ClH/c18-12(11-4-3-7-15-10-11)17-14(5-1-2-6-14)13-16-8-9-19-13;;/h8-9,11,15H,1-7,10H2,(H,17,18);2*1H. The first-order chi connectivity index (χ1) is 9.30. The molecule has 0 radical (unpaired) electrons. The number of aromatic nitrogens is 1. The van der Waals surface area contributed by atoms with Gasteiger partial charge in [-0.3, -0.25) is 4.79 Å². The Morgan fingerprint density at radius 2 is 2.10 bits per heavy atom. The lowest BCUT2D eigenvalue weighted by molar-refractivity contribution is -0.127. The van der Waals surface area contributed by atoms with Crippen LogP contribution >= 0.6 is 36.2 Å². The molecule has 1 aromatic rings. The molecule has 0 aromatic carbocycles. The van der Waals surface area contributed by atoms with Crippen LogP contribution in [0.1, 0.15) is 43.5 Å². The molecule has 1 saturated carbocycles. The van der Waals surface area contributed by atoms with Gasteiger partial charge in [-0.25, -0.2) is 4.98 Å². The highest BCUT2D eigenvalue weighted by Crippen LogP contribution is 2.39. The lowest BCUT2D eigenvalue weighted by atomic mass is 9.94. The van der Waals surface area contributed by atoms with E-state index in [0.717, 1.165) is 43.8 Å². The Bertz CT molecular complexity index is 429. The van der Waals surface area contributed by atoms with Gasteiger partial charge in [-0.1, -0.05) is 12.8 Å². The number of piperidine rings is 1. The summed E-state index contributed by atoms with van der Waals surface area (Å²) in [6.07, 6.45) is 8.38. The van der Waals surface area contributed by atoms with Crippen molar-refractivity contribution in [1.82, 2.24) is 15.6 Å².